The standard InChI is InChI=1S/C13H24N2O3/c1-13(2,12(17)18)10-11(16)14-6-5-9-15-7-3-4-8-15/h3-10H2,1-2H3,(H,14,16)(H,17,18). The lowest BCUT2D eigenvalue weighted by molar-refractivity contribution is -0.149. The van der Waals surface area contributed by atoms with Gasteiger partial charge in [0.2, 0.25) is 5.91 Å². The van der Waals surface area contributed by atoms with E-state index in [9.17, 15) is 9.59 Å². The number of hydrogen-bond acceptors (Lipinski definition) is 3. The Morgan fingerprint density at radius 2 is 1.89 bits per heavy atom. The molecule has 0 saturated carbocycles. The van der Waals surface area contributed by atoms with Crippen molar-refractivity contribution in [1.82, 2.24) is 10.2 Å². The van der Waals surface area contributed by atoms with Crippen molar-refractivity contribution in [2.75, 3.05) is 26.2 Å². The first-order valence-corrected chi connectivity index (χ1v) is 6.64. The third-order valence-electron chi connectivity index (χ3n) is 3.35. The van der Waals surface area contributed by atoms with Crippen molar-refractivity contribution >= 4 is 11.9 Å². The maximum absolute atomic E-state index is 11.6. The van der Waals surface area contributed by atoms with Crippen LogP contribution in [-0.2, 0) is 9.59 Å². The number of aliphatic carboxylic acids is 1. The number of carbonyl (C=O) groups is 2. The first-order chi connectivity index (χ1) is 8.42. The van der Waals surface area contributed by atoms with Gasteiger partial charge >= 0.3 is 5.97 Å². The van der Waals surface area contributed by atoms with Crippen LogP contribution in [0.5, 0.6) is 0 Å². The number of hydrogen-bond donors (Lipinski definition) is 2. The molecule has 1 aliphatic rings. The SMILES string of the molecule is CC(C)(CC(=O)NCCCN1CCCC1)C(=O)O. The fourth-order valence-corrected chi connectivity index (χ4v) is 2.08. The number of amides is 1. The summed E-state index contributed by atoms with van der Waals surface area (Å²) in [4.78, 5) is 24.8. The lowest BCUT2D eigenvalue weighted by atomic mass is 9.89. The molecule has 1 heterocycles. The quantitative estimate of drug-likeness (QED) is 0.669. The van der Waals surface area contributed by atoms with Crippen molar-refractivity contribution < 1.29 is 14.7 Å². The summed E-state index contributed by atoms with van der Waals surface area (Å²) in [5, 5.41) is 11.7. The Morgan fingerprint density at radius 1 is 1.28 bits per heavy atom. The minimum Gasteiger partial charge on any atom is -0.481 e. The molecule has 0 aromatic heterocycles. The first-order valence-electron chi connectivity index (χ1n) is 6.64. The zero-order valence-corrected chi connectivity index (χ0v) is 11.4. The Kier molecular flexibility index (Phi) is 5.59. The van der Waals surface area contributed by atoms with E-state index >= 15 is 0 Å². The molecule has 0 aromatic carbocycles. The van der Waals surface area contributed by atoms with Gasteiger partial charge in [-0.25, -0.2) is 0 Å². The largest absolute Gasteiger partial charge is 0.481 e. The molecule has 0 aliphatic carbocycles. The van der Waals surface area contributed by atoms with Crippen molar-refractivity contribution in [3.8, 4) is 0 Å². The molecule has 2 N–H and O–H groups in total. The lowest BCUT2D eigenvalue weighted by Crippen LogP contribution is -2.34. The van der Waals surface area contributed by atoms with Crippen LogP contribution in [0.1, 0.15) is 39.5 Å². The van der Waals surface area contributed by atoms with Crippen molar-refractivity contribution in [2.45, 2.75) is 39.5 Å². The highest BCUT2D eigenvalue weighted by molar-refractivity contribution is 5.84. The molecule has 1 rings (SSSR count). The second kappa shape index (κ2) is 6.73. The van der Waals surface area contributed by atoms with Crippen molar-refractivity contribution in [3.05, 3.63) is 0 Å². The van der Waals surface area contributed by atoms with Gasteiger partial charge in [0, 0.05) is 13.0 Å². The second-order valence-electron chi connectivity index (χ2n) is 5.62. The molecule has 0 radical (unpaired) electrons. The van der Waals surface area contributed by atoms with Crippen LogP contribution in [0.25, 0.3) is 0 Å². The van der Waals surface area contributed by atoms with Crippen LogP contribution in [-0.4, -0.2) is 48.1 Å². The third kappa shape index (κ3) is 5.04. The molecule has 18 heavy (non-hydrogen) atoms. The number of nitrogens with zero attached hydrogens (tertiary/aromatic N) is 1. The molecule has 5 heteroatoms. The molecule has 0 unspecified atom stereocenters. The molecule has 1 saturated heterocycles. The summed E-state index contributed by atoms with van der Waals surface area (Å²) in [6, 6.07) is 0. The highest BCUT2D eigenvalue weighted by atomic mass is 16.4. The number of nitrogens with one attached hydrogen (secondary N) is 1. The van der Waals surface area contributed by atoms with Crippen LogP contribution in [0.4, 0.5) is 0 Å². The van der Waals surface area contributed by atoms with Gasteiger partial charge in [-0.1, -0.05) is 0 Å². The van der Waals surface area contributed by atoms with Crippen molar-refractivity contribution in [3.63, 3.8) is 0 Å². The van der Waals surface area contributed by atoms with Crippen LogP contribution in [0.2, 0.25) is 0 Å². The number of carboxylic acids is 1. The lowest BCUT2D eigenvalue weighted by Gasteiger charge is -2.18. The second-order valence-corrected chi connectivity index (χ2v) is 5.62. The molecule has 0 bridgehead atoms. The monoisotopic (exact) mass is 256 g/mol. The summed E-state index contributed by atoms with van der Waals surface area (Å²) >= 11 is 0. The fourth-order valence-electron chi connectivity index (χ4n) is 2.08. The Bertz CT molecular complexity index is 297. The summed E-state index contributed by atoms with van der Waals surface area (Å²) in [5.41, 5.74) is -0.987. The summed E-state index contributed by atoms with van der Waals surface area (Å²) in [6.45, 7) is 7.12. The van der Waals surface area contributed by atoms with Crippen molar-refractivity contribution in [1.29, 1.82) is 0 Å². The van der Waals surface area contributed by atoms with Crippen molar-refractivity contribution in [2.24, 2.45) is 5.41 Å². The summed E-state index contributed by atoms with van der Waals surface area (Å²) in [5.74, 6) is -1.11. The van der Waals surface area contributed by atoms with Gasteiger partial charge in [0.15, 0.2) is 0 Å². The molecule has 1 amide bonds. The Labute approximate surface area is 109 Å². The van der Waals surface area contributed by atoms with E-state index in [0.717, 1.165) is 13.0 Å². The van der Waals surface area contributed by atoms with E-state index in [1.165, 1.54) is 25.9 Å². The maximum Gasteiger partial charge on any atom is 0.309 e. The third-order valence-corrected chi connectivity index (χ3v) is 3.35. The minimum absolute atomic E-state index is 0.0338. The number of carboxylic acid groups (broad SMARTS) is 1. The molecular formula is C13H24N2O3. The number of carbonyl (C=O) groups excluding carboxylic acids is 1. The van der Waals surface area contributed by atoms with Gasteiger partial charge in [-0.2, -0.15) is 0 Å². The molecule has 104 valence electrons. The predicted molar refractivity (Wildman–Crippen MR) is 69.3 cm³/mol. The Morgan fingerprint density at radius 3 is 2.44 bits per heavy atom. The van der Waals surface area contributed by atoms with Gasteiger partial charge in [0.1, 0.15) is 0 Å². The highest BCUT2D eigenvalue weighted by Gasteiger charge is 2.29. The average Bonchev–Trinajstić information content (AvgIpc) is 2.76. The smallest absolute Gasteiger partial charge is 0.309 e. The fraction of sp³-hybridized carbons (Fsp3) is 0.846. The van der Waals surface area contributed by atoms with Gasteiger partial charge < -0.3 is 15.3 Å². The first kappa shape index (κ1) is 15.0. The predicted octanol–water partition coefficient (Wildman–Crippen LogP) is 1.09. The maximum atomic E-state index is 11.6. The van der Waals surface area contributed by atoms with E-state index in [2.05, 4.69) is 10.2 Å². The normalized spacial score (nSPS) is 16.8. The van der Waals surface area contributed by atoms with E-state index < -0.39 is 11.4 Å². The van der Waals surface area contributed by atoms with Crippen LogP contribution < -0.4 is 5.32 Å². The van der Waals surface area contributed by atoms with Crippen LogP contribution in [0, 0.1) is 5.41 Å². The summed E-state index contributed by atoms with van der Waals surface area (Å²) in [6.07, 6.45) is 3.52. The molecule has 0 spiro atoms. The van der Waals surface area contributed by atoms with Gasteiger partial charge in [-0.3, -0.25) is 9.59 Å². The Hall–Kier alpha value is -1.10. The molecule has 0 aromatic rings. The van der Waals surface area contributed by atoms with E-state index in [1.54, 1.807) is 13.8 Å². The van der Waals surface area contributed by atoms with Gasteiger partial charge in [-0.15, -0.1) is 0 Å². The minimum atomic E-state index is -0.987. The van der Waals surface area contributed by atoms with E-state index in [-0.39, 0.29) is 12.3 Å². The molecule has 5 nitrogen and oxygen atoms in total. The molecule has 0 atom stereocenters. The number of likely N-dealkylation sites (tertiary alicyclic amines) is 1. The van der Waals surface area contributed by atoms with E-state index in [4.69, 9.17) is 5.11 Å². The van der Waals surface area contributed by atoms with E-state index in [0.29, 0.717) is 6.54 Å². The zero-order valence-electron chi connectivity index (χ0n) is 11.4. The summed E-state index contributed by atoms with van der Waals surface area (Å²) in [7, 11) is 0. The molecule has 1 aliphatic heterocycles. The van der Waals surface area contributed by atoms with Crippen LogP contribution in [0.3, 0.4) is 0 Å². The average molecular weight is 256 g/mol. The van der Waals surface area contributed by atoms with Gasteiger partial charge in [-0.05, 0) is 52.7 Å². The van der Waals surface area contributed by atoms with E-state index in [1.807, 2.05) is 0 Å². The van der Waals surface area contributed by atoms with Crippen LogP contribution >= 0.6 is 0 Å². The van der Waals surface area contributed by atoms with Gasteiger partial charge in [0.25, 0.3) is 0 Å². The Balaban J connectivity index is 2.11. The zero-order chi connectivity index (χ0) is 13.6. The number of rotatable bonds is 7. The summed E-state index contributed by atoms with van der Waals surface area (Å²) < 4.78 is 0. The molecular weight excluding hydrogens is 232 g/mol. The topological polar surface area (TPSA) is 69.6 Å². The molecule has 1 fully saturated rings. The van der Waals surface area contributed by atoms with Crippen LogP contribution in [0.15, 0.2) is 0 Å². The highest BCUT2D eigenvalue weighted by Crippen LogP contribution is 2.19. The van der Waals surface area contributed by atoms with Gasteiger partial charge in [0.05, 0.1) is 5.41 Å².